The van der Waals surface area contributed by atoms with Gasteiger partial charge in [0.05, 0.1) is 0 Å². The van der Waals surface area contributed by atoms with Gasteiger partial charge in [0.25, 0.3) is 0 Å². The quantitative estimate of drug-likeness (QED) is 0.557. The number of esters is 1. The van der Waals surface area contributed by atoms with Gasteiger partial charge >= 0.3 is 5.97 Å². The van der Waals surface area contributed by atoms with E-state index >= 15 is 0 Å². The summed E-state index contributed by atoms with van der Waals surface area (Å²) in [7, 11) is 0. The Labute approximate surface area is 61.6 Å². The van der Waals surface area contributed by atoms with Crippen molar-refractivity contribution in [2.45, 2.75) is 38.2 Å². The van der Waals surface area contributed by atoms with E-state index in [9.17, 15) is 4.79 Å². The highest BCUT2D eigenvalue weighted by atomic mass is 16.5. The van der Waals surface area contributed by atoms with Gasteiger partial charge in [-0.2, -0.15) is 0 Å². The van der Waals surface area contributed by atoms with E-state index in [1.54, 1.807) is 0 Å². The van der Waals surface area contributed by atoms with Gasteiger partial charge in [0.1, 0.15) is 6.10 Å². The molecule has 1 aliphatic rings. The van der Waals surface area contributed by atoms with Gasteiger partial charge in [0.2, 0.25) is 0 Å². The number of carbonyl (C=O) groups is 1. The zero-order valence-electron chi connectivity index (χ0n) is 6.14. The van der Waals surface area contributed by atoms with Crippen molar-refractivity contribution in [3.05, 3.63) is 6.92 Å². The molecule has 0 atom stereocenters. The summed E-state index contributed by atoms with van der Waals surface area (Å²) in [6, 6.07) is 0. The molecule has 0 unspecified atom stereocenters. The van der Waals surface area contributed by atoms with Crippen molar-refractivity contribution in [1.82, 2.24) is 0 Å². The van der Waals surface area contributed by atoms with Crippen LogP contribution >= 0.6 is 0 Å². The normalized spacial score (nSPS) is 16.9. The SMILES string of the molecule is [CH2]CCCC(=O)OC1CC1. The monoisotopic (exact) mass is 141 g/mol. The maximum absolute atomic E-state index is 10.8. The Kier molecular flexibility index (Phi) is 2.72. The molecule has 1 rings (SSSR count). The Bertz CT molecular complexity index is 116. The molecule has 0 aromatic heterocycles. The molecule has 0 amide bonds. The number of carbonyl (C=O) groups excluding carboxylic acids is 1. The Hall–Kier alpha value is -0.530. The highest BCUT2D eigenvalue weighted by molar-refractivity contribution is 5.69. The van der Waals surface area contributed by atoms with Gasteiger partial charge in [-0.25, -0.2) is 0 Å². The summed E-state index contributed by atoms with van der Waals surface area (Å²) in [5.41, 5.74) is 0. The smallest absolute Gasteiger partial charge is 0.306 e. The third-order valence-corrected chi connectivity index (χ3v) is 1.45. The predicted octanol–water partition coefficient (Wildman–Crippen LogP) is 1.70. The van der Waals surface area contributed by atoms with E-state index < -0.39 is 0 Å². The number of unbranched alkanes of at least 4 members (excludes halogenated alkanes) is 1. The van der Waals surface area contributed by atoms with E-state index in [1.807, 2.05) is 0 Å². The molecule has 0 bridgehead atoms. The molecule has 0 aromatic carbocycles. The van der Waals surface area contributed by atoms with Crippen molar-refractivity contribution in [3.63, 3.8) is 0 Å². The molecule has 0 aliphatic heterocycles. The first-order valence-electron chi connectivity index (χ1n) is 3.81. The van der Waals surface area contributed by atoms with Crippen LogP contribution in [0.25, 0.3) is 0 Å². The van der Waals surface area contributed by atoms with Gasteiger partial charge in [-0.05, 0) is 19.3 Å². The molecular formula is C8H13O2. The second kappa shape index (κ2) is 3.59. The average Bonchev–Trinajstić information content (AvgIpc) is 2.67. The summed E-state index contributed by atoms with van der Waals surface area (Å²) >= 11 is 0. The van der Waals surface area contributed by atoms with Crippen LogP contribution in [0.2, 0.25) is 0 Å². The number of ether oxygens (including phenoxy) is 1. The van der Waals surface area contributed by atoms with Crippen molar-refractivity contribution in [2.24, 2.45) is 0 Å². The fraction of sp³-hybridized carbons (Fsp3) is 0.750. The third-order valence-electron chi connectivity index (χ3n) is 1.45. The maximum Gasteiger partial charge on any atom is 0.306 e. The first-order valence-corrected chi connectivity index (χ1v) is 3.81. The van der Waals surface area contributed by atoms with Crippen molar-refractivity contribution >= 4 is 5.97 Å². The van der Waals surface area contributed by atoms with E-state index in [0.717, 1.165) is 25.7 Å². The van der Waals surface area contributed by atoms with Crippen molar-refractivity contribution < 1.29 is 9.53 Å². The first-order chi connectivity index (χ1) is 4.83. The summed E-state index contributed by atoms with van der Waals surface area (Å²) in [5.74, 6) is -0.0499. The topological polar surface area (TPSA) is 26.3 Å². The summed E-state index contributed by atoms with van der Waals surface area (Å²) < 4.78 is 5.00. The van der Waals surface area contributed by atoms with Crippen LogP contribution in [0.3, 0.4) is 0 Å². The number of hydrogen-bond donors (Lipinski definition) is 0. The molecule has 0 aromatic rings. The Balaban J connectivity index is 1.97. The van der Waals surface area contributed by atoms with E-state index in [1.165, 1.54) is 0 Å². The summed E-state index contributed by atoms with van der Waals surface area (Å²) in [6.07, 6.45) is 4.61. The van der Waals surface area contributed by atoms with Gasteiger partial charge < -0.3 is 4.74 Å². The highest BCUT2D eigenvalue weighted by Gasteiger charge is 2.25. The summed E-state index contributed by atoms with van der Waals surface area (Å²) in [4.78, 5) is 10.8. The molecule has 57 valence electrons. The second-order valence-corrected chi connectivity index (χ2v) is 2.65. The largest absolute Gasteiger partial charge is 0.462 e. The predicted molar refractivity (Wildman–Crippen MR) is 38.3 cm³/mol. The first kappa shape index (κ1) is 7.58. The fourth-order valence-corrected chi connectivity index (χ4v) is 0.700. The maximum atomic E-state index is 10.8. The van der Waals surface area contributed by atoms with Gasteiger partial charge in [-0.1, -0.05) is 13.3 Å². The highest BCUT2D eigenvalue weighted by Crippen LogP contribution is 2.23. The Morgan fingerprint density at radius 2 is 2.30 bits per heavy atom. The van der Waals surface area contributed by atoms with E-state index in [2.05, 4.69) is 6.92 Å². The minimum Gasteiger partial charge on any atom is -0.462 e. The van der Waals surface area contributed by atoms with Crippen LogP contribution in [0.1, 0.15) is 32.1 Å². The molecule has 1 fully saturated rings. The van der Waals surface area contributed by atoms with Crippen LogP contribution in [0, 0.1) is 6.92 Å². The van der Waals surface area contributed by atoms with Crippen molar-refractivity contribution in [2.75, 3.05) is 0 Å². The van der Waals surface area contributed by atoms with Crippen LogP contribution in [-0.4, -0.2) is 12.1 Å². The Morgan fingerprint density at radius 3 is 2.80 bits per heavy atom. The van der Waals surface area contributed by atoms with Gasteiger partial charge in [-0.3, -0.25) is 4.79 Å². The second-order valence-electron chi connectivity index (χ2n) is 2.65. The molecule has 2 heteroatoms. The minimum atomic E-state index is -0.0499. The van der Waals surface area contributed by atoms with Gasteiger partial charge in [0.15, 0.2) is 0 Å². The summed E-state index contributed by atoms with van der Waals surface area (Å²) in [6.45, 7) is 3.64. The third kappa shape index (κ3) is 2.85. The number of hydrogen-bond acceptors (Lipinski definition) is 2. The summed E-state index contributed by atoms with van der Waals surface area (Å²) in [5, 5.41) is 0. The standard InChI is InChI=1S/C8H13O2/c1-2-3-4-8(9)10-7-5-6-7/h7H,1-6H2. The van der Waals surface area contributed by atoms with Crippen LogP contribution in [0.5, 0.6) is 0 Å². The minimum absolute atomic E-state index is 0.0499. The van der Waals surface area contributed by atoms with Crippen LogP contribution in [0.4, 0.5) is 0 Å². The van der Waals surface area contributed by atoms with E-state index in [-0.39, 0.29) is 12.1 Å². The number of rotatable bonds is 4. The van der Waals surface area contributed by atoms with Crippen molar-refractivity contribution in [3.8, 4) is 0 Å². The molecule has 0 heterocycles. The molecule has 1 saturated carbocycles. The van der Waals surface area contributed by atoms with Gasteiger partial charge in [-0.15, -0.1) is 0 Å². The molecule has 0 spiro atoms. The molecule has 2 nitrogen and oxygen atoms in total. The molecular weight excluding hydrogens is 128 g/mol. The molecule has 0 N–H and O–H groups in total. The zero-order chi connectivity index (χ0) is 7.40. The molecule has 0 saturated heterocycles. The molecule has 1 radical (unpaired) electrons. The van der Waals surface area contributed by atoms with E-state index in [4.69, 9.17) is 4.74 Å². The fourth-order valence-electron chi connectivity index (χ4n) is 0.700. The average molecular weight is 141 g/mol. The van der Waals surface area contributed by atoms with Crippen LogP contribution in [-0.2, 0) is 9.53 Å². The lowest BCUT2D eigenvalue weighted by Crippen LogP contribution is -2.05. The van der Waals surface area contributed by atoms with Crippen molar-refractivity contribution in [1.29, 1.82) is 0 Å². The lowest BCUT2D eigenvalue weighted by molar-refractivity contribution is -0.144. The molecule has 1 aliphatic carbocycles. The lowest BCUT2D eigenvalue weighted by atomic mass is 10.2. The van der Waals surface area contributed by atoms with E-state index in [0.29, 0.717) is 6.42 Å². The zero-order valence-corrected chi connectivity index (χ0v) is 6.14. The molecule has 10 heavy (non-hydrogen) atoms. The van der Waals surface area contributed by atoms with Crippen LogP contribution < -0.4 is 0 Å². The van der Waals surface area contributed by atoms with Crippen LogP contribution in [0.15, 0.2) is 0 Å². The van der Waals surface area contributed by atoms with Gasteiger partial charge in [0, 0.05) is 6.42 Å². The lowest BCUT2D eigenvalue weighted by Gasteiger charge is -1.99. The Morgan fingerprint density at radius 1 is 1.60 bits per heavy atom.